The second-order valence-corrected chi connectivity index (χ2v) is 6.33. The molecule has 0 saturated carbocycles. The first-order chi connectivity index (χ1) is 8.02. The number of unbranched alkanes of at least 4 members (excludes halogenated alkanes) is 3. The van der Waals surface area contributed by atoms with Crippen molar-refractivity contribution in [3.05, 3.63) is 12.2 Å². The van der Waals surface area contributed by atoms with Gasteiger partial charge in [0, 0.05) is 0 Å². The van der Waals surface area contributed by atoms with Gasteiger partial charge < -0.3 is 0 Å². The van der Waals surface area contributed by atoms with Crippen molar-refractivity contribution < 1.29 is 0 Å². The predicted molar refractivity (Wildman–Crippen MR) is 83.5 cm³/mol. The van der Waals surface area contributed by atoms with Crippen molar-refractivity contribution in [1.29, 1.82) is 0 Å². The van der Waals surface area contributed by atoms with Crippen LogP contribution in [0.3, 0.4) is 0 Å². The largest absolute Gasteiger partial charge is 0.109 e. The summed E-state index contributed by atoms with van der Waals surface area (Å²) in [6.45, 7) is 9.27. The Labute approximate surface area is 111 Å². The number of allylic oxidation sites excluding steroid dienone is 2. The van der Waals surface area contributed by atoms with Crippen molar-refractivity contribution in [1.82, 2.24) is 0 Å². The van der Waals surface area contributed by atoms with E-state index >= 15 is 0 Å². The van der Waals surface area contributed by atoms with Crippen LogP contribution in [0.15, 0.2) is 12.2 Å². The summed E-state index contributed by atoms with van der Waals surface area (Å²) in [6, 6.07) is 0. The molecule has 2 atom stereocenters. The van der Waals surface area contributed by atoms with E-state index in [1.807, 2.05) is 0 Å². The first-order valence-corrected chi connectivity index (χ1v) is 7.68. The fraction of sp³-hybridized carbons (Fsp3) is 0.875. The van der Waals surface area contributed by atoms with Crippen molar-refractivity contribution >= 4 is 7.85 Å². The summed E-state index contributed by atoms with van der Waals surface area (Å²) in [5.74, 6) is 0.760. The van der Waals surface area contributed by atoms with Crippen molar-refractivity contribution in [2.24, 2.45) is 5.92 Å². The summed E-state index contributed by atoms with van der Waals surface area (Å²) in [7, 11) is 2.43. The molecule has 2 unspecified atom stereocenters. The molecule has 0 heterocycles. The zero-order chi connectivity index (χ0) is 13.1. The quantitative estimate of drug-likeness (QED) is 0.279. The van der Waals surface area contributed by atoms with Crippen LogP contribution < -0.4 is 0 Å². The van der Waals surface area contributed by atoms with E-state index in [1.165, 1.54) is 51.4 Å². The summed E-state index contributed by atoms with van der Waals surface area (Å²) in [5.41, 5.74) is 0. The third kappa shape index (κ3) is 10.7. The molecule has 0 aromatic carbocycles. The molecule has 0 aliphatic carbocycles. The van der Waals surface area contributed by atoms with Crippen LogP contribution in [-0.4, -0.2) is 7.85 Å². The monoisotopic (exact) mass is 236 g/mol. The molecule has 17 heavy (non-hydrogen) atoms. The Morgan fingerprint density at radius 1 is 1.12 bits per heavy atom. The Bertz CT molecular complexity index is 194. The lowest BCUT2D eigenvalue weighted by atomic mass is 9.64. The van der Waals surface area contributed by atoms with Gasteiger partial charge in [-0.1, -0.05) is 83.7 Å². The highest BCUT2D eigenvalue weighted by Gasteiger charge is 2.15. The molecule has 0 aliphatic rings. The molecule has 0 aromatic heterocycles. The van der Waals surface area contributed by atoms with Crippen LogP contribution in [0.4, 0.5) is 0 Å². The minimum Gasteiger partial charge on any atom is -0.0883 e. The van der Waals surface area contributed by atoms with Crippen molar-refractivity contribution in [2.75, 3.05) is 0 Å². The molecule has 0 aliphatic heterocycles. The van der Waals surface area contributed by atoms with Crippen LogP contribution in [0, 0.1) is 5.92 Å². The second kappa shape index (κ2) is 9.80. The highest BCUT2D eigenvalue weighted by atomic mass is 14.2. The Kier molecular flexibility index (Phi) is 9.68. The van der Waals surface area contributed by atoms with Gasteiger partial charge in [0.15, 0.2) is 0 Å². The maximum atomic E-state index is 2.43. The molecule has 0 saturated heterocycles. The van der Waals surface area contributed by atoms with Crippen LogP contribution >= 0.6 is 0 Å². The standard InChI is InChI=1S/C16H33B/c1-5-7-13-16(4,17)14-11-9-8-10-12-15(3)6-2/h10,12,15H,5-9,11,13-14,17H2,1-4H3/b12-10-. The van der Waals surface area contributed by atoms with Gasteiger partial charge >= 0.3 is 0 Å². The zero-order valence-electron chi connectivity index (χ0n) is 12.9. The Hall–Kier alpha value is -0.195. The van der Waals surface area contributed by atoms with Gasteiger partial charge in [0.2, 0.25) is 0 Å². The van der Waals surface area contributed by atoms with E-state index < -0.39 is 0 Å². The molecule has 0 N–H and O–H groups in total. The molecule has 0 bridgehead atoms. The van der Waals surface area contributed by atoms with E-state index in [9.17, 15) is 0 Å². The van der Waals surface area contributed by atoms with Crippen LogP contribution in [0.1, 0.15) is 79.1 Å². The van der Waals surface area contributed by atoms with E-state index in [-0.39, 0.29) is 0 Å². The lowest BCUT2D eigenvalue weighted by Gasteiger charge is -2.24. The van der Waals surface area contributed by atoms with Crippen LogP contribution in [-0.2, 0) is 0 Å². The minimum atomic E-state index is 0.566. The molecule has 0 amide bonds. The molecule has 100 valence electrons. The SMILES string of the molecule is BC(C)(CCCC)CCCC/C=C\C(C)CC. The predicted octanol–water partition coefficient (Wildman–Crippen LogP) is 5.15. The first-order valence-electron chi connectivity index (χ1n) is 7.68. The van der Waals surface area contributed by atoms with E-state index in [0.29, 0.717) is 5.31 Å². The van der Waals surface area contributed by atoms with Gasteiger partial charge in [-0.15, -0.1) is 0 Å². The molecule has 0 nitrogen and oxygen atoms in total. The Balaban J connectivity index is 3.53. The summed E-state index contributed by atoms with van der Waals surface area (Å²) >= 11 is 0. The van der Waals surface area contributed by atoms with E-state index in [0.717, 1.165) is 5.92 Å². The summed E-state index contributed by atoms with van der Waals surface area (Å²) in [5, 5.41) is 0.566. The topological polar surface area (TPSA) is 0 Å². The van der Waals surface area contributed by atoms with Gasteiger partial charge in [0.1, 0.15) is 7.85 Å². The molecule has 1 heteroatoms. The highest BCUT2D eigenvalue weighted by Crippen LogP contribution is 2.34. The Morgan fingerprint density at radius 2 is 1.76 bits per heavy atom. The van der Waals surface area contributed by atoms with Gasteiger partial charge in [-0.25, -0.2) is 0 Å². The van der Waals surface area contributed by atoms with Crippen molar-refractivity contribution in [3.63, 3.8) is 0 Å². The van der Waals surface area contributed by atoms with Crippen molar-refractivity contribution in [2.45, 2.75) is 84.4 Å². The van der Waals surface area contributed by atoms with Crippen LogP contribution in [0.2, 0.25) is 5.31 Å². The fourth-order valence-corrected chi connectivity index (χ4v) is 2.11. The van der Waals surface area contributed by atoms with Crippen molar-refractivity contribution in [3.8, 4) is 0 Å². The average molecular weight is 236 g/mol. The molecule has 0 spiro atoms. The zero-order valence-corrected chi connectivity index (χ0v) is 12.9. The maximum Gasteiger partial charge on any atom is 0.109 e. The third-order valence-electron chi connectivity index (χ3n) is 3.79. The van der Waals surface area contributed by atoms with E-state index in [4.69, 9.17) is 0 Å². The maximum absolute atomic E-state index is 2.43. The lowest BCUT2D eigenvalue weighted by Crippen LogP contribution is -2.07. The highest BCUT2D eigenvalue weighted by molar-refractivity contribution is 6.14. The number of hydrogen-bond donors (Lipinski definition) is 0. The summed E-state index contributed by atoms with van der Waals surface area (Å²) in [4.78, 5) is 0. The second-order valence-electron chi connectivity index (χ2n) is 6.33. The number of hydrogen-bond acceptors (Lipinski definition) is 0. The molecule has 0 radical (unpaired) electrons. The molecule has 0 fully saturated rings. The lowest BCUT2D eigenvalue weighted by molar-refractivity contribution is 0.471. The van der Waals surface area contributed by atoms with Crippen LogP contribution in [0.25, 0.3) is 0 Å². The summed E-state index contributed by atoms with van der Waals surface area (Å²) < 4.78 is 0. The van der Waals surface area contributed by atoms with Crippen LogP contribution in [0.5, 0.6) is 0 Å². The van der Waals surface area contributed by atoms with Gasteiger partial charge in [-0.05, 0) is 18.8 Å². The average Bonchev–Trinajstić information content (AvgIpc) is 2.30. The molecule has 0 aromatic rings. The summed E-state index contributed by atoms with van der Waals surface area (Å²) in [6.07, 6.45) is 15.6. The van der Waals surface area contributed by atoms with E-state index in [1.54, 1.807) is 0 Å². The van der Waals surface area contributed by atoms with Gasteiger partial charge in [-0.2, -0.15) is 0 Å². The Morgan fingerprint density at radius 3 is 2.35 bits per heavy atom. The smallest absolute Gasteiger partial charge is 0.0883 e. The van der Waals surface area contributed by atoms with Gasteiger partial charge in [-0.3, -0.25) is 0 Å². The third-order valence-corrected chi connectivity index (χ3v) is 3.79. The molecule has 0 rings (SSSR count). The first kappa shape index (κ1) is 16.8. The molecular formula is C16H33B. The fourth-order valence-electron chi connectivity index (χ4n) is 2.11. The van der Waals surface area contributed by atoms with E-state index in [2.05, 4.69) is 47.7 Å². The molecular weight excluding hydrogens is 203 g/mol. The van der Waals surface area contributed by atoms with Gasteiger partial charge in [0.05, 0.1) is 0 Å². The minimum absolute atomic E-state index is 0.566. The number of rotatable bonds is 10. The van der Waals surface area contributed by atoms with Gasteiger partial charge in [0.25, 0.3) is 0 Å². The normalized spacial score (nSPS) is 17.2.